The minimum Gasteiger partial charge on any atom is -0.465 e. The van der Waals surface area contributed by atoms with Crippen molar-refractivity contribution in [2.45, 2.75) is 137 Å². The number of anilines is 1. The number of carbonyl (C=O) groups is 5. The minimum absolute atomic E-state index is 0.00116. The van der Waals surface area contributed by atoms with E-state index in [1.165, 1.54) is 18.9 Å². The normalized spacial score (nSPS) is 15.9. The van der Waals surface area contributed by atoms with Crippen LogP contribution in [0.15, 0.2) is 36.5 Å². The molecule has 2 aliphatic heterocycles. The predicted molar refractivity (Wildman–Crippen MR) is 282 cm³/mol. The number of methoxy groups -OCH3 is 1. The number of likely N-dealkylation sites (N-methyl/N-ethyl adjacent to an activating group) is 1. The zero-order valence-electron chi connectivity index (χ0n) is 45.6. The highest BCUT2D eigenvalue weighted by Crippen LogP contribution is 2.41. The van der Waals surface area contributed by atoms with Gasteiger partial charge in [0.15, 0.2) is 5.67 Å². The second-order valence-electron chi connectivity index (χ2n) is 21.2. The lowest BCUT2D eigenvalue weighted by Gasteiger charge is -2.39. The standard InChI is InChI=1S/C55H82FN9O8/c1-13-60(10)54(8,9)23-22-46(66)63-28-24-55(56,25-29-63)52(70)61(11)48(38(3)4)50(68)59-39(5)51(69)65(57)27-16-15-19-47(67)73-37-53(6,7)35-43-42-34-40(62-30-32-72-33-31-62)20-21-45(42)64(14-2)49(43)41-18-17-26-58-44(41)36-71-12/h17-18,20-21,26,34,38-39,48H,13-16,19,24-25,27-33,35-37,57H2,1-12H3,(H,59,68). The molecule has 2 unspecified atom stereocenters. The summed E-state index contributed by atoms with van der Waals surface area (Å²) in [7, 11) is 4.96. The molecule has 2 atom stereocenters. The first kappa shape index (κ1) is 58.3. The fraction of sp³-hybridized carbons (Fsp3) is 0.636. The van der Waals surface area contributed by atoms with Gasteiger partial charge >= 0.3 is 5.97 Å². The van der Waals surface area contributed by atoms with Gasteiger partial charge in [-0.1, -0.05) is 40.5 Å². The molecule has 0 radical (unpaired) electrons. The SMILES string of the molecule is CCN(C)C(C)(C)C#CC(=O)N1CCC(F)(C(=O)N(C)C(C(=O)NC(C)C(=O)N(N)CCCCC(=O)OCC(C)(C)Cc2c(-c3cccnc3COC)n(CC)c3ccc(N4CCOCC4)cc23)C(C)C)CC1. The molecule has 2 saturated heterocycles. The molecule has 4 heterocycles. The number of carbonyl (C=O) groups excluding carboxylic acids is 5. The van der Waals surface area contributed by atoms with Crippen LogP contribution in [0.25, 0.3) is 22.2 Å². The van der Waals surface area contributed by atoms with Gasteiger partial charge in [0.05, 0.1) is 43.4 Å². The van der Waals surface area contributed by atoms with Crippen molar-refractivity contribution < 1.29 is 42.6 Å². The molecular weight excluding hydrogens is 934 g/mol. The number of aryl methyl sites for hydroxylation is 1. The Morgan fingerprint density at radius 3 is 2.32 bits per heavy atom. The van der Waals surface area contributed by atoms with Gasteiger partial charge in [-0.3, -0.25) is 38.9 Å². The van der Waals surface area contributed by atoms with E-state index in [2.05, 4.69) is 71.7 Å². The number of esters is 1. The number of alkyl halides is 1. The summed E-state index contributed by atoms with van der Waals surface area (Å²) in [5.74, 6) is 8.58. The van der Waals surface area contributed by atoms with Crippen molar-refractivity contribution in [2.75, 3.05) is 85.2 Å². The highest BCUT2D eigenvalue weighted by Gasteiger charge is 2.47. The molecule has 0 aliphatic carbocycles. The van der Waals surface area contributed by atoms with Gasteiger partial charge in [-0.15, -0.1) is 0 Å². The van der Waals surface area contributed by atoms with E-state index in [1.807, 2.05) is 38.8 Å². The number of morpholine rings is 1. The number of fused-ring (bicyclic) bond motifs is 1. The number of aromatic nitrogens is 2. The minimum atomic E-state index is -2.29. The molecule has 3 N–H and O–H groups in total. The molecule has 5 rings (SSSR count). The second-order valence-corrected chi connectivity index (χ2v) is 21.2. The molecule has 0 saturated carbocycles. The first-order valence-corrected chi connectivity index (χ1v) is 25.9. The maximum atomic E-state index is 16.3. The number of nitrogens with two attached hydrogens (primary N) is 1. The number of rotatable bonds is 22. The van der Waals surface area contributed by atoms with Crippen LogP contribution in [-0.4, -0.2) is 162 Å². The molecule has 2 aromatic heterocycles. The Morgan fingerprint density at radius 2 is 1.68 bits per heavy atom. The Bertz CT molecular complexity index is 2470. The Hall–Kier alpha value is -5.61. The van der Waals surface area contributed by atoms with E-state index >= 15 is 4.39 Å². The van der Waals surface area contributed by atoms with Crippen LogP contribution >= 0.6 is 0 Å². The molecule has 402 valence electrons. The largest absolute Gasteiger partial charge is 0.465 e. The number of benzene rings is 1. The Morgan fingerprint density at radius 1 is 1.00 bits per heavy atom. The highest BCUT2D eigenvalue weighted by atomic mass is 19.1. The van der Waals surface area contributed by atoms with E-state index in [-0.39, 0.29) is 51.5 Å². The number of likely N-dealkylation sites (tertiary alicyclic amines) is 1. The van der Waals surface area contributed by atoms with Crippen molar-refractivity contribution in [2.24, 2.45) is 17.2 Å². The number of hydrogen-bond acceptors (Lipinski definition) is 12. The Balaban J connectivity index is 1.13. The molecule has 2 fully saturated rings. The van der Waals surface area contributed by atoms with Crippen LogP contribution in [0, 0.1) is 23.2 Å². The maximum Gasteiger partial charge on any atom is 0.305 e. The van der Waals surface area contributed by atoms with Crippen LogP contribution in [0.1, 0.15) is 106 Å². The summed E-state index contributed by atoms with van der Waals surface area (Å²) in [4.78, 5) is 78.4. The summed E-state index contributed by atoms with van der Waals surface area (Å²) < 4.78 is 35.8. The number of nitrogens with one attached hydrogen (secondary N) is 1. The molecule has 73 heavy (non-hydrogen) atoms. The third-order valence-electron chi connectivity index (χ3n) is 14.4. The second kappa shape index (κ2) is 25.6. The van der Waals surface area contributed by atoms with Gasteiger partial charge in [-0.2, -0.15) is 0 Å². The lowest BCUT2D eigenvalue weighted by molar-refractivity contribution is -0.154. The van der Waals surface area contributed by atoms with Gasteiger partial charge in [0.1, 0.15) is 12.1 Å². The number of halogens is 1. The average Bonchev–Trinajstić information content (AvgIpc) is 3.67. The number of hydrazine groups is 1. The van der Waals surface area contributed by atoms with Crippen molar-refractivity contribution in [1.82, 2.24) is 34.6 Å². The number of amides is 4. The van der Waals surface area contributed by atoms with E-state index in [1.54, 1.807) is 27.2 Å². The molecule has 1 aromatic carbocycles. The predicted octanol–water partition coefficient (Wildman–Crippen LogP) is 5.74. The number of piperidine rings is 1. The van der Waals surface area contributed by atoms with Crippen LogP contribution in [0.4, 0.5) is 10.1 Å². The first-order valence-electron chi connectivity index (χ1n) is 25.9. The molecule has 0 bridgehead atoms. The van der Waals surface area contributed by atoms with Crippen molar-refractivity contribution >= 4 is 46.2 Å². The average molecular weight is 1020 g/mol. The number of nitrogens with zero attached hydrogens (tertiary/aromatic N) is 7. The van der Waals surface area contributed by atoms with Crippen LogP contribution in [0.5, 0.6) is 0 Å². The summed E-state index contributed by atoms with van der Waals surface area (Å²) in [6, 6.07) is 8.53. The van der Waals surface area contributed by atoms with Gasteiger partial charge in [0.2, 0.25) is 5.91 Å². The maximum absolute atomic E-state index is 16.3. The van der Waals surface area contributed by atoms with E-state index in [0.29, 0.717) is 39.1 Å². The molecule has 3 aromatic rings. The van der Waals surface area contributed by atoms with Gasteiger partial charge in [0.25, 0.3) is 17.7 Å². The first-order chi connectivity index (χ1) is 34.5. The van der Waals surface area contributed by atoms with Crippen molar-refractivity contribution in [1.29, 1.82) is 0 Å². The lowest BCUT2D eigenvalue weighted by Crippen LogP contribution is -2.60. The number of pyridine rings is 1. The molecule has 17 nitrogen and oxygen atoms in total. The number of unbranched alkanes of at least 4 members (excludes halogenated alkanes) is 1. The van der Waals surface area contributed by atoms with Crippen molar-refractivity contribution in [3.63, 3.8) is 0 Å². The quantitative estimate of drug-likeness (QED) is 0.0311. The highest BCUT2D eigenvalue weighted by molar-refractivity contribution is 5.96. The fourth-order valence-corrected chi connectivity index (χ4v) is 9.72. The van der Waals surface area contributed by atoms with E-state index < -0.39 is 58.3 Å². The molecule has 0 spiro atoms. The summed E-state index contributed by atoms with van der Waals surface area (Å²) in [6.07, 6.45) is 2.84. The van der Waals surface area contributed by atoms with Crippen molar-refractivity contribution in [3.8, 4) is 23.1 Å². The van der Waals surface area contributed by atoms with Crippen molar-refractivity contribution in [3.05, 3.63) is 47.8 Å². The fourth-order valence-electron chi connectivity index (χ4n) is 9.72. The van der Waals surface area contributed by atoms with Gasteiger partial charge < -0.3 is 38.8 Å². The summed E-state index contributed by atoms with van der Waals surface area (Å²) >= 11 is 0. The summed E-state index contributed by atoms with van der Waals surface area (Å²) in [6.45, 7) is 22.2. The monoisotopic (exact) mass is 1020 g/mol. The molecule has 4 amide bonds. The summed E-state index contributed by atoms with van der Waals surface area (Å²) in [5.41, 5.74) is 3.03. The van der Waals surface area contributed by atoms with Gasteiger partial charge in [-0.05, 0) is 108 Å². The topological polar surface area (TPSA) is 185 Å². The third kappa shape index (κ3) is 14.6. The van der Waals surface area contributed by atoms with Crippen LogP contribution in [0.3, 0.4) is 0 Å². The molecule has 18 heteroatoms. The smallest absolute Gasteiger partial charge is 0.305 e. The van der Waals surface area contributed by atoms with E-state index in [0.717, 1.165) is 75.2 Å². The number of ether oxygens (including phenoxy) is 3. The van der Waals surface area contributed by atoms with E-state index in [9.17, 15) is 24.0 Å². The molecular formula is C55H82FN9O8. The zero-order chi connectivity index (χ0) is 53.8. The van der Waals surface area contributed by atoms with Crippen LogP contribution < -0.4 is 16.1 Å². The molecule has 2 aliphatic rings. The third-order valence-corrected chi connectivity index (χ3v) is 14.4. The Labute approximate surface area is 432 Å². The zero-order valence-corrected chi connectivity index (χ0v) is 45.6. The van der Waals surface area contributed by atoms with Gasteiger partial charge in [-0.25, -0.2) is 10.2 Å². The van der Waals surface area contributed by atoms with Gasteiger partial charge in [0, 0.05) is 106 Å². The lowest BCUT2D eigenvalue weighted by atomic mass is 9.84. The van der Waals surface area contributed by atoms with Crippen LogP contribution in [-0.2, 0) is 57.8 Å². The Kier molecular flexibility index (Phi) is 20.4. The van der Waals surface area contributed by atoms with E-state index in [4.69, 9.17) is 25.0 Å². The van der Waals surface area contributed by atoms with Crippen LogP contribution in [0.2, 0.25) is 0 Å². The number of hydrogen-bond donors (Lipinski definition) is 2. The summed E-state index contributed by atoms with van der Waals surface area (Å²) in [5, 5.41) is 4.82.